The summed E-state index contributed by atoms with van der Waals surface area (Å²) in [5.41, 5.74) is 0.124. The molecule has 2 aromatic heterocycles. The Bertz CT molecular complexity index is 1630. The van der Waals surface area contributed by atoms with Gasteiger partial charge < -0.3 is 20.1 Å². The van der Waals surface area contributed by atoms with E-state index in [4.69, 9.17) is 14.8 Å². The third kappa shape index (κ3) is 5.86. The zero-order valence-electron chi connectivity index (χ0n) is 20.8. The molecule has 210 valence electrons. The maximum Gasteiger partial charge on any atom is 0.265 e. The fourth-order valence-corrected chi connectivity index (χ4v) is 6.22. The van der Waals surface area contributed by atoms with Crippen molar-refractivity contribution >= 4 is 38.1 Å². The van der Waals surface area contributed by atoms with Crippen molar-refractivity contribution in [3.63, 3.8) is 0 Å². The SMILES string of the molecule is O=S(=O)(Nc1cccc(-c2nc(N3CCOCC3)sc2-c2ccnc(NCCO)n2)c1F)c1cc(F)ccc1F. The van der Waals surface area contributed by atoms with Gasteiger partial charge in [-0.2, -0.15) is 0 Å². The first-order valence-corrected chi connectivity index (χ1v) is 14.3. The number of aromatic nitrogens is 3. The van der Waals surface area contributed by atoms with Crippen LogP contribution in [0.1, 0.15) is 0 Å². The Balaban J connectivity index is 1.58. The molecule has 1 fully saturated rings. The molecule has 15 heteroatoms. The summed E-state index contributed by atoms with van der Waals surface area (Å²) in [6.07, 6.45) is 1.51. The molecule has 0 bridgehead atoms. The summed E-state index contributed by atoms with van der Waals surface area (Å²) in [6.45, 7) is 2.22. The largest absolute Gasteiger partial charge is 0.395 e. The quantitative estimate of drug-likeness (QED) is 0.266. The monoisotopic (exact) mass is 592 g/mol. The number of nitrogens with zero attached hydrogens (tertiary/aromatic N) is 4. The number of anilines is 3. The molecule has 2 aromatic carbocycles. The summed E-state index contributed by atoms with van der Waals surface area (Å²) in [7, 11) is -4.67. The number of halogens is 3. The van der Waals surface area contributed by atoms with Crippen molar-refractivity contribution in [1.29, 1.82) is 0 Å². The minimum atomic E-state index is -4.67. The van der Waals surface area contributed by atoms with Gasteiger partial charge in [-0.05, 0) is 36.4 Å². The first-order valence-electron chi connectivity index (χ1n) is 12.1. The molecule has 1 saturated heterocycles. The Morgan fingerprint density at radius 3 is 2.65 bits per heavy atom. The van der Waals surface area contributed by atoms with E-state index in [0.29, 0.717) is 54.1 Å². The lowest BCUT2D eigenvalue weighted by Crippen LogP contribution is -2.36. The molecule has 5 rings (SSSR count). The van der Waals surface area contributed by atoms with Crippen molar-refractivity contribution < 1.29 is 31.4 Å². The molecule has 0 amide bonds. The smallest absolute Gasteiger partial charge is 0.265 e. The van der Waals surface area contributed by atoms with Crippen LogP contribution in [-0.4, -0.2) is 67.9 Å². The summed E-state index contributed by atoms with van der Waals surface area (Å²) >= 11 is 1.27. The maximum atomic E-state index is 15.9. The van der Waals surface area contributed by atoms with Crippen LogP contribution in [0.5, 0.6) is 0 Å². The fourth-order valence-electron chi connectivity index (χ4n) is 3.97. The average Bonchev–Trinajstić information content (AvgIpc) is 3.40. The van der Waals surface area contributed by atoms with E-state index < -0.39 is 38.1 Å². The highest BCUT2D eigenvalue weighted by Crippen LogP contribution is 2.42. The molecule has 10 nitrogen and oxygen atoms in total. The average molecular weight is 593 g/mol. The number of sulfonamides is 1. The van der Waals surface area contributed by atoms with Gasteiger partial charge in [0.2, 0.25) is 5.95 Å². The molecule has 4 aromatic rings. The summed E-state index contributed by atoms with van der Waals surface area (Å²) in [5.74, 6) is -2.86. The van der Waals surface area contributed by atoms with Gasteiger partial charge in [-0.25, -0.2) is 36.5 Å². The summed E-state index contributed by atoms with van der Waals surface area (Å²) in [6, 6.07) is 7.63. The highest BCUT2D eigenvalue weighted by atomic mass is 32.2. The van der Waals surface area contributed by atoms with Crippen LogP contribution in [0.3, 0.4) is 0 Å². The van der Waals surface area contributed by atoms with Crippen molar-refractivity contribution in [3.05, 3.63) is 66.1 Å². The Morgan fingerprint density at radius 1 is 1.07 bits per heavy atom. The van der Waals surface area contributed by atoms with Gasteiger partial charge in [0.05, 0.1) is 41.8 Å². The van der Waals surface area contributed by atoms with Crippen molar-refractivity contribution in [2.45, 2.75) is 4.90 Å². The Morgan fingerprint density at radius 2 is 1.88 bits per heavy atom. The van der Waals surface area contributed by atoms with Crippen LogP contribution in [0, 0.1) is 17.5 Å². The topological polar surface area (TPSA) is 130 Å². The zero-order valence-corrected chi connectivity index (χ0v) is 22.4. The number of aliphatic hydroxyl groups excluding tert-OH is 1. The Kier molecular flexibility index (Phi) is 8.16. The van der Waals surface area contributed by atoms with Gasteiger partial charge >= 0.3 is 0 Å². The molecule has 3 N–H and O–H groups in total. The van der Waals surface area contributed by atoms with E-state index in [2.05, 4.69) is 15.3 Å². The van der Waals surface area contributed by atoms with Gasteiger partial charge in [0.15, 0.2) is 10.9 Å². The minimum absolute atomic E-state index is 0.0332. The number of rotatable bonds is 9. The first kappa shape index (κ1) is 27.8. The highest BCUT2D eigenvalue weighted by Gasteiger charge is 2.26. The number of thiazole rings is 1. The molecule has 3 heterocycles. The summed E-state index contributed by atoms with van der Waals surface area (Å²) in [5, 5.41) is 12.6. The molecule has 0 aliphatic carbocycles. The second-order valence-corrected chi connectivity index (χ2v) is 11.2. The van der Waals surface area contributed by atoms with Crippen LogP contribution >= 0.6 is 11.3 Å². The Labute approximate surface area is 231 Å². The molecular weight excluding hydrogens is 569 g/mol. The molecule has 0 atom stereocenters. The van der Waals surface area contributed by atoms with Gasteiger partial charge in [0.25, 0.3) is 10.0 Å². The van der Waals surface area contributed by atoms with Crippen LogP contribution in [0.4, 0.5) is 29.9 Å². The maximum absolute atomic E-state index is 15.9. The van der Waals surface area contributed by atoms with Gasteiger partial charge in [0.1, 0.15) is 16.5 Å². The van der Waals surface area contributed by atoms with E-state index >= 15 is 4.39 Å². The number of hydrogen-bond donors (Lipinski definition) is 3. The van der Waals surface area contributed by atoms with Crippen molar-refractivity contribution in [2.75, 3.05) is 54.4 Å². The predicted molar refractivity (Wildman–Crippen MR) is 144 cm³/mol. The van der Waals surface area contributed by atoms with Gasteiger partial charge in [-0.15, -0.1) is 0 Å². The zero-order chi connectivity index (χ0) is 28.3. The number of benzene rings is 2. The molecule has 0 radical (unpaired) electrons. The lowest BCUT2D eigenvalue weighted by molar-refractivity contribution is 0.122. The fraction of sp³-hybridized carbons (Fsp3) is 0.240. The van der Waals surface area contributed by atoms with E-state index in [9.17, 15) is 17.2 Å². The normalized spacial score (nSPS) is 13.8. The third-order valence-electron chi connectivity index (χ3n) is 5.86. The van der Waals surface area contributed by atoms with E-state index in [0.717, 1.165) is 6.07 Å². The second kappa shape index (κ2) is 11.8. The number of aliphatic hydroxyl groups is 1. The van der Waals surface area contributed by atoms with Gasteiger partial charge in [0, 0.05) is 31.4 Å². The third-order valence-corrected chi connectivity index (χ3v) is 8.38. The highest BCUT2D eigenvalue weighted by molar-refractivity contribution is 7.92. The van der Waals surface area contributed by atoms with Crippen LogP contribution < -0.4 is 14.9 Å². The predicted octanol–water partition coefficient (Wildman–Crippen LogP) is 3.73. The molecule has 0 unspecified atom stereocenters. The van der Waals surface area contributed by atoms with Crippen LogP contribution in [-0.2, 0) is 14.8 Å². The van der Waals surface area contributed by atoms with E-state index in [1.54, 1.807) is 6.07 Å². The second-order valence-electron chi connectivity index (χ2n) is 8.54. The molecule has 0 spiro atoms. The van der Waals surface area contributed by atoms with Crippen molar-refractivity contribution in [3.8, 4) is 21.8 Å². The van der Waals surface area contributed by atoms with E-state index in [-0.39, 0.29) is 30.4 Å². The molecule has 0 saturated carbocycles. The summed E-state index contributed by atoms with van der Waals surface area (Å²) < 4.78 is 76.9. The standard InChI is InChI=1S/C25H23F3N6O4S2/c26-15-4-5-17(27)20(14-15)40(36,37)33-18-3-1-2-16(21(18)28)22-23(19-6-7-29-24(31-19)30-8-11-35)39-25(32-22)34-9-12-38-13-10-34/h1-7,14,33,35H,8-13H2,(H,29,30,31). The summed E-state index contributed by atoms with van der Waals surface area (Å²) in [4.78, 5) is 14.8. The number of ether oxygens (including phenoxy) is 1. The molecule has 40 heavy (non-hydrogen) atoms. The minimum Gasteiger partial charge on any atom is -0.395 e. The molecule has 1 aliphatic rings. The van der Waals surface area contributed by atoms with Crippen molar-refractivity contribution in [1.82, 2.24) is 15.0 Å². The van der Waals surface area contributed by atoms with Crippen LogP contribution in [0.2, 0.25) is 0 Å². The number of morpholine rings is 1. The van der Waals surface area contributed by atoms with Gasteiger partial charge in [-0.3, -0.25) is 4.72 Å². The lowest BCUT2D eigenvalue weighted by atomic mass is 10.1. The Hall–Kier alpha value is -3.79. The first-order chi connectivity index (χ1) is 19.3. The number of hydrogen-bond acceptors (Lipinski definition) is 10. The molecule has 1 aliphatic heterocycles. The van der Waals surface area contributed by atoms with E-state index in [1.165, 1.54) is 35.7 Å². The molecular formula is C25H23F3N6O4S2. The lowest BCUT2D eigenvalue weighted by Gasteiger charge is -2.26. The van der Waals surface area contributed by atoms with Gasteiger partial charge in [-0.1, -0.05) is 17.4 Å². The van der Waals surface area contributed by atoms with Crippen LogP contribution in [0.15, 0.2) is 53.6 Å². The number of nitrogens with one attached hydrogen (secondary N) is 2. The van der Waals surface area contributed by atoms with Crippen LogP contribution in [0.25, 0.3) is 21.8 Å². The van der Waals surface area contributed by atoms with Crippen molar-refractivity contribution in [2.24, 2.45) is 0 Å². The van der Waals surface area contributed by atoms with E-state index in [1.807, 2.05) is 9.62 Å².